The molecule has 2 N–H and O–H groups in total. The second-order valence-electron chi connectivity index (χ2n) is 5.03. The molecule has 0 fully saturated rings. The molecule has 1 atom stereocenters. The average Bonchev–Trinajstić information content (AvgIpc) is 2.51. The lowest BCUT2D eigenvalue weighted by molar-refractivity contribution is -0.138. The number of rotatable bonds is 5. The fraction of sp³-hybridized carbons (Fsp3) is 0.385. The first kappa shape index (κ1) is 19.9. The van der Waals surface area contributed by atoms with E-state index in [1.54, 1.807) is 0 Å². The van der Waals surface area contributed by atoms with E-state index in [1.165, 1.54) is 18.2 Å². The standard InChI is InChI=1S/C13H11ClF6N6/c1-6(13(18,19)20)22-11-25-9(7-3-2-4-8(14)23-7)24-10(26-11)21-5-12(15,16)17/h2-4,6H,5H2,1H3,(H2,21,22,24,25,26). The van der Waals surface area contributed by atoms with E-state index in [9.17, 15) is 26.3 Å². The Morgan fingerprint density at radius 1 is 1.00 bits per heavy atom. The molecule has 0 spiro atoms. The number of pyridine rings is 1. The molecule has 0 aliphatic rings. The van der Waals surface area contributed by atoms with Crippen LogP contribution in [0.1, 0.15) is 6.92 Å². The van der Waals surface area contributed by atoms with Crippen LogP contribution in [0.25, 0.3) is 11.5 Å². The predicted molar refractivity (Wildman–Crippen MR) is 81.8 cm³/mol. The van der Waals surface area contributed by atoms with Crippen LogP contribution in [0.2, 0.25) is 5.15 Å². The van der Waals surface area contributed by atoms with Crippen LogP contribution in [0.15, 0.2) is 18.2 Å². The molecule has 0 aromatic carbocycles. The molecular weight excluding hydrogens is 390 g/mol. The number of aromatic nitrogens is 4. The van der Waals surface area contributed by atoms with Crippen molar-refractivity contribution >= 4 is 23.5 Å². The Bertz CT molecular complexity index is 766. The van der Waals surface area contributed by atoms with Crippen molar-refractivity contribution in [3.05, 3.63) is 23.4 Å². The van der Waals surface area contributed by atoms with Gasteiger partial charge in [0.25, 0.3) is 0 Å². The summed E-state index contributed by atoms with van der Waals surface area (Å²) in [5, 5.41) is 3.91. The third-order valence-corrected chi connectivity index (χ3v) is 3.07. The Balaban J connectivity index is 2.38. The molecule has 0 saturated heterocycles. The van der Waals surface area contributed by atoms with Gasteiger partial charge in [0.05, 0.1) is 0 Å². The second kappa shape index (κ2) is 7.48. The maximum absolute atomic E-state index is 12.7. The topological polar surface area (TPSA) is 75.6 Å². The van der Waals surface area contributed by atoms with E-state index in [1.807, 2.05) is 10.6 Å². The maximum Gasteiger partial charge on any atom is 0.408 e. The molecule has 2 aromatic heterocycles. The van der Waals surface area contributed by atoms with Crippen molar-refractivity contribution in [2.24, 2.45) is 0 Å². The molecule has 0 amide bonds. The minimum atomic E-state index is -4.61. The third-order valence-electron chi connectivity index (χ3n) is 2.86. The zero-order chi connectivity index (χ0) is 19.5. The summed E-state index contributed by atoms with van der Waals surface area (Å²) < 4.78 is 75.1. The van der Waals surface area contributed by atoms with Gasteiger partial charge in [-0.3, -0.25) is 0 Å². The molecule has 0 aliphatic carbocycles. The van der Waals surface area contributed by atoms with Gasteiger partial charge in [-0.25, -0.2) is 4.98 Å². The lowest BCUT2D eigenvalue weighted by atomic mass is 10.3. The van der Waals surface area contributed by atoms with Gasteiger partial charge in [0, 0.05) is 0 Å². The first-order valence-corrected chi connectivity index (χ1v) is 7.35. The molecule has 142 valence electrons. The molecule has 0 aliphatic heterocycles. The van der Waals surface area contributed by atoms with Crippen molar-refractivity contribution < 1.29 is 26.3 Å². The van der Waals surface area contributed by atoms with E-state index in [-0.39, 0.29) is 16.7 Å². The lowest BCUT2D eigenvalue weighted by Gasteiger charge is -2.18. The lowest BCUT2D eigenvalue weighted by Crippen LogP contribution is -2.34. The zero-order valence-corrected chi connectivity index (χ0v) is 13.7. The zero-order valence-electron chi connectivity index (χ0n) is 13.0. The molecule has 0 bridgehead atoms. The summed E-state index contributed by atoms with van der Waals surface area (Å²) >= 11 is 5.73. The fourth-order valence-corrected chi connectivity index (χ4v) is 1.79. The van der Waals surface area contributed by atoms with Gasteiger partial charge in [-0.1, -0.05) is 17.7 Å². The van der Waals surface area contributed by atoms with Crippen LogP contribution in [-0.4, -0.2) is 44.9 Å². The van der Waals surface area contributed by atoms with Gasteiger partial charge in [-0.2, -0.15) is 41.3 Å². The Morgan fingerprint density at radius 2 is 1.65 bits per heavy atom. The summed E-state index contributed by atoms with van der Waals surface area (Å²) in [6, 6.07) is 2.26. The summed E-state index contributed by atoms with van der Waals surface area (Å²) in [5.74, 6) is -1.37. The molecular formula is C13H11ClF6N6. The van der Waals surface area contributed by atoms with Crippen LogP contribution in [0.4, 0.5) is 38.2 Å². The van der Waals surface area contributed by atoms with E-state index in [0.29, 0.717) is 0 Å². The fourth-order valence-electron chi connectivity index (χ4n) is 1.62. The van der Waals surface area contributed by atoms with E-state index >= 15 is 0 Å². The van der Waals surface area contributed by atoms with Crippen molar-refractivity contribution in [1.82, 2.24) is 19.9 Å². The third kappa shape index (κ3) is 5.86. The molecule has 1 unspecified atom stereocenters. The van der Waals surface area contributed by atoms with Crippen molar-refractivity contribution in [1.29, 1.82) is 0 Å². The summed E-state index contributed by atoms with van der Waals surface area (Å²) in [7, 11) is 0. The summed E-state index contributed by atoms with van der Waals surface area (Å²) in [6.07, 6.45) is -9.19. The Hall–Kier alpha value is -2.37. The number of halogens is 7. The van der Waals surface area contributed by atoms with Gasteiger partial charge in [-0.05, 0) is 19.1 Å². The number of anilines is 2. The van der Waals surface area contributed by atoms with Gasteiger partial charge in [0.1, 0.15) is 23.4 Å². The van der Waals surface area contributed by atoms with Crippen molar-refractivity contribution in [2.45, 2.75) is 25.3 Å². The smallest absolute Gasteiger partial charge is 0.345 e. The normalized spacial score (nSPS) is 13.4. The molecule has 0 radical (unpaired) electrons. The molecule has 2 rings (SSSR count). The highest BCUT2D eigenvalue weighted by Gasteiger charge is 2.36. The molecule has 26 heavy (non-hydrogen) atoms. The van der Waals surface area contributed by atoms with E-state index in [2.05, 4.69) is 19.9 Å². The maximum atomic E-state index is 12.7. The summed E-state index contributed by atoms with van der Waals surface area (Å²) in [4.78, 5) is 14.9. The van der Waals surface area contributed by atoms with Gasteiger partial charge in [0.2, 0.25) is 11.9 Å². The number of alkyl halides is 6. The Kier molecular flexibility index (Phi) is 5.74. The van der Waals surface area contributed by atoms with E-state index in [4.69, 9.17) is 11.6 Å². The van der Waals surface area contributed by atoms with Gasteiger partial charge in [0.15, 0.2) is 5.82 Å². The highest BCUT2D eigenvalue weighted by Crippen LogP contribution is 2.24. The van der Waals surface area contributed by atoms with Crippen LogP contribution >= 0.6 is 11.6 Å². The largest absolute Gasteiger partial charge is 0.408 e. The second-order valence-corrected chi connectivity index (χ2v) is 5.42. The number of nitrogens with one attached hydrogen (secondary N) is 2. The monoisotopic (exact) mass is 400 g/mol. The number of hydrogen-bond acceptors (Lipinski definition) is 6. The van der Waals surface area contributed by atoms with Crippen LogP contribution in [0.5, 0.6) is 0 Å². The van der Waals surface area contributed by atoms with E-state index < -0.39 is 36.8 Å². The highest BCUT2D eigenvalue weighted by atomic mass is 35.5. The van der Waals surface area contributed by atoms with Crippen LogP contribution in [0.3, 0.4) is 0 Å². The van der Waals surface area contributed by atoms with Gasteiger partial charge >= 0.3 is 12.4 Å². The number of nitrogens with zero attached hydrogens (tertiary/aromatic N) is 4. The predicted octanol–water partition coefficient (Wildman–Crippen LogP) is 3.92. The molecule has 13 heteroatoms. The molecule has 2 heterocycles. The minimum absolute atomic E-state index is 0.0471. The van der Waals surface area contributed by atoms with Crippen LogP contribution in [-0.2, 0) is 0 Å². The van der Waals surface area contributed by atoms with E-state index in [0.717, 1.165) is 6.92 Å². The van der Waals surface area contributed by atoms with Gasteiger partial charge < -0.3 is 10.6 Å². The first-order chi connectivity index (χ1) is 11.9. The van der Waals surface area contributed by atoms with Gasteiger partial charge in [-0.15, -0.1) is 0 Å². The van der Waals surface area contributed by atoms with Crippen LogP contribution < -0.4 is 10.6 Å². The molecule has 0 saturated carbocycles. The minimum Gasteiger partial charge on any atom is -0.345 e. The molecule has 6 nitrogen and oxygen atoms in total. The average molecular weight is 401 g/mol. The number of hydrogen-bond donors (Lipinski definition) is 2. The van der Waals surface area contributed by atoms with Crippen molar-refractivity contribution in [3.8, 4) is 11.5 Å². The molecule has 2 aromatic rings. The summed E-state index contributed by atoms with van der Waals surface area (Å²) in [5.41, 5.74) is 0.0534. The summed E-state index contributed by atoms with van der Waals surface area (Å²) in [6.45, 7) is -0.669. The van der Waals surface area contributed by atoms with Crippen LogP contribution in [0, 0.1) is 0 Å². The highest BCUT2D eigenvalue weighted by molar-refractivity contribution is 6.29. The van der Waals surface area contributed by atoms with Crippen molar-refractivity contribution in [3.63, 3.8) is 0 Å². The quantitative estimate of drug-likeness (QED) is 0.585. The Labute approximate surface area is 148 Å². The Morgan fingerprint density at radius 3 is 2.23 bits per heavy atom. The first-order valence-electron chi connectivity index (χ1n) is 6.97. The van der Waals surface area contributed by atoms with Crippen molar-refractivity contribution in [2.75, 3.05) is 17.2 Å². The SMILES string of the molecule is CC(Nc1nc(NCC(F)(F)F)nc(-c2cccc(Cl)n2)n1)C(F)(F)F.